The number of hydrogen-bond acceptors (Lipinski definition) is 3. The monoisotopic (exact) mass is 333 g/mol. The Kier molecular flexibility index (Phi) is 4.17. The largest absolute Gasteiger partial charge is 0.354 e. The zero-order chi connectivity index (χ0) is 13.9. The molecule has 1 saturated heterocycles. The quantitative estimate of drug-likeness (QED) is 0.826. The van der Waals surface area contributed by atoms with Gasteiger partial charge >= 0.3 is 0 Å². The fourth-order valence-corrected chi connectivity index (χ4v) is 2.59. The first-order valence-electron chi connectivity index (χ1n) is 6.55. The van der Waals surface area contributed by atoms with Gasteiger partial charge in [-0.3, -0.25) is 4.84 Å². The molecule has 1 heterocycles. The summed E-state index contributed by atoms with van der Waals surface area (Å²) in [7, 11) is 1.90. The summed E-state index contributed by atoms with van der Waals surface area (Å²) in [6, 6.07) is 18.2. The lowest BCUT2D eigenvalue weighted by molar-refractivity contribution is -0.326. The van der Waals surface area contributed by atoms with Crippen LogP contribution >= 0.6 is 15.9 Å². The van der Waals surface area contributed by atoms with E-state index in [1.807, 2.05) is 49.5 Å². The van der Waals surface area contributed by atoms with Gasteiger partial charge in [0.2, 0.25) is 0 Å². The van der Waals surface area contributed by atoms with Crippen molar-refractivity contribution < 1.29 is 9.57 Å². The summed E-state index contributed by atoms with van der Waals surface area (Å²) < 4.78 is 7.03. The van der Waals surface area contributed by atoms with Crippen LogP contribution in [0.1, 0.15) is 23.5 Å². The molecule has 2 aromatic carbocycles. The van der Waals surface area contributed by atoms with Gasteiger partial charge in [0, 0.05) is 11.5 Å². The summed E-state index contributed by atoms with van der Waals surface area (Å²) >= 11 is 3.44. The van der Waals surface area contributed by atoms with Crippen LogP contribution in [-0.4, -0.2) is 18.7 Å². The fraction of sp³-hybridized carbons (Fsp3) is 0.250. The molecule has 20 heavy (non-hydrogen) atoms. The van der Waals surface area contributed by atoms with Crippen LogP contribution in [0.5, 0.6) is 0 Å². The predicted octanol–water partition coefficient (Wildman–Crippen LogP) is 4.08. The average molecular weight is 334 g/mol. The number of halogens is 1. The van der Waals surface area contributed by atoms with Crippen LogP contribution < -0.4 is 0 Å². The fourth-order valence-electron chi connectivity index (χ4n) is 2.33. The normalized spacial score (nSPS) is 23.7. The molecule has 0 N–H and O–H groups in total. The van der Waals surface area contributed by atoms with Gasteiger partial charge in [0.25, 0.3) is 0 Å². The third kappa shape index (κ3) is 2.94. The molecule has 3 nitrogen and oxygen atoms in total. The summed E-state index contributed by atoms with van der Waals surface area (Å²) in [5.74, 6) is 0. The van der Waals surface area contributed by atoms with Gasteiger partial charge in [-0.1, -0.05) is 58.4 Å². The maximum atomic E-state index is 5.97. The zero-order valence-corrected chi connectivity index (χ0v) is 12.8. The van der Waals surface area contributed by atoms with Gasteiger partial charge < -0.3 is 4.74 Å². The van der Waals surface area contributed by atoms with Crippen LogP contribution in [0.3, 0.4) is 0 Å². The minimum Gasteiger partial charge on any atom is -0.354 e. The van der Waals surface area contributed by atoms with Crippen molar-refractivity contribution in [3.05, 3.63) is 70.2 Å². The number of nitrogens with zero attached hydrogens (tertiary/aromatic N) is 1. The van der Waals surface area contributed by atoms with E-state index >= 15 is 0 Å². The van der Waals surface area contributed by atoms with Crippen molar-refractivity contribution in [2.24, 2.45) is 0 Å². The van der Waals surface area contributed by atoms with E-state index in [1.165, 1.54) is 0 Å². The van der Waals surface area contributed by atoms with E-state index in [1.54, 1.807) is 5.06 Å². The summed E-state index contributed by atoms with van der Waals surface area (Å²) in [5.41, 5.74) is 2.22. The first kappa shape index (κ1) is 13.8. The van der Waals surface area contributed by atoms with Crippen LogP contribution in [0.25, 0.3) is 0 Å². The summed E-state index contributed by atoms with van der Waals surface area (Å²) in [4.78, 5) is 5.97. The van der Waals surface area contributed by atoms with E-state index in [9.17, 15) is 0 Å². The first-order chi connectivity index (χ1) is 9.74. The summed E-state index contributed by atoms with van der Waals surface area (Å²) in [6.07, 6.45) is -0.212. The molecule has 0 radical (unpaired) electrons. The van der Waals surface area contributed by atoms with Crippen LogP contribution in [0, 0.1) is 0 Å². The highest BCUT2D eigenvalue weighted by Gasteiger charge is 2.29. The molecule has 0 saturated carbocycles. The molecule has 1 fully saturated rings. The van der Waals surface area contributed by atoms with E-state index in [2.05, 4.69) is 28.1 Å². The van der Waals surface area contributed by atoms with Crippen LogP contribution in [0.2, 0.25) is 0 Å². The lowest BCUT2D eigenvalue weighted by Gasteiger charge is -2.37. The Hall–Kier alpha value is -1.20. The van der Waals surface area contributed by atoms with Crippen molar-refractivity contribution in [1.29, 1.82) is 0 Å². The molecule has 4 heteroatoms. The van der Waals surface area contributed by atoms with Crippen molar-refractivity contribution in [2.45, 2.75) is 12.3 Å². The van der Waals surface area contributed by atoms with Gasteiger partial charge in [-0.2, -0.15) is 5.06 Å². The SMILES string of the molecule is CN1O[C@@H](c2ccccc2)CO[C@@H]1c1ccc(Br)cc1. The van der Waals surface area contributed by atoms with Crippen LogP contribution in [0.15, 0.2) is 59.1 Å². The van der Waals surface area contributed by atoms with E-state index in [-0.39, 0.29) is 12.3 Å². The molecule has 0 amide bonds. The lowest BCUT2D eigenvalue weighted by atomic mass is 10.1. The van der Waals surface area contributed by atoms with Gasteiger partial charge in [0.1, 0.15) is 6.10 Å². The third-order valence-corrected chi connectivity index (χ3v) is 3.88. The highest BCUT2D eigenvalue weighted by Crippen LogP contribution is 2.32. The Bertz CT molecular complexity index is 558. The smallest absolute Gasteiger partial charge is 0.158 e. The van der Waals surface area contributed by atoms with Crippen molar-refractivity contribution in [2.75, 3.05) is 13.7 Å². The maximum absolute atomic E-state index is 5.97. The molecule has 2 aromatic rings. The highest BCUT2D eigenvalue weighted by atomic mass is 79.9. The average Bonchev–Trinajstić information content (AvgIpc) is 2.49. The predicted molar refractivity (Wildman–Crippen MR) is 80.9 cm³/mol. The van der Waals surface area contributed by atoms with E-state index in [0.717, 1.165) is 15.6 Å². The van der Waals surface area contributed by atoms with Gasteiger partial charge in [0.15, 0.2) is 6.23 Å². The topological polar surface area (TPSA) is 21.7 Å². The number of ether oxygens (including phenoxy) is 1. The second kappa shape index (κ2) is 6.06. The zero-order valence-electron chi connectivity index (χ0n) is 11.2. The van der Waals surface area contributed by atoms with Crippen molar-refractivity contribution >= 4 is 15.9 Å². The molecule has 1 aliphatic rings. The Balaban J connectivity index is 1.72. The second-order valence-corrected chi connectivity index (χ2v) is 5.70. The molecule has 104 valence electrons. The molecule has 2 atom stereocenters. The number of hydroxylamine groups is 2. The minimum atomic E-state index is -0.164. The number of benzene rings is 2. The molecule has 0 unspecified atom stereocenters. The number of hydrogen-bond donors (Lipinski definition) is 0. The Labute approximate surface area is 127 Å². The van der Waals surface area contributed by atoms with Crippen LogP contribution in [-0.2, 0) is 9.57 Å². The first-order valence-corrected chi connectivity index (χ1v) is 7.35. The maximum Gasteiger partial charge on any atom is 0.158 e. The van der Waals surface area contributed by atoms with E-state index < -0.39 is 0 Å². The molecule has 0 aliphatic carbocycles. The Morgan fingerprint density at radius 3 is 2.35 bits per heavy atom. The Morgan fingerprint density at radius 2 is 1.70 bits per heavy atom. The second-order valence-electron chi connectivity index (χ2n) is 4.79. The minimum absolute atomic E-state index is 0.0482. The standard InChI is InChI=1S/C16H16BrNO2/c1-18-16(13-7-9-14(17)10-8-13)19-11-15(20-18)12-5-3-2-4-6-12/h2-10,15-16H,11H2,1H3/t15-,16-/m1/s1. The van der Waals surface area contributed by atoms with Crippen molar-refractivity contribution in [3.8, 4) is 0 Å². The van der Waals surface area contributed by atoms with Crippen molar-refractivity contribution in [1.82, 2.24) is 5.06 Å². The molecular weight excluding hydrogens is 318 g/mol. The molecule has 3 rings (SSSR count). The number of rotatable bonds is 2. The molecule has 0 aromatic heterocycles. The highest BCUT2D eigenvalue weighted by molar-refractivity contribution is 9.10. The third-order valence-electron chi connectivity index (χ3n) is 3.36. The van der Waals surface area contributed by atoms with Gasteiger partial charge in [-0.25, -0.2) is 0 Å². The van der Waals surface area contributed by atoms with E-state index in [4.69, 9.17) is 9.57 Å². The summed E-state index contributed by atoms with van der Waals surface area (Å²) in [6.45, 7) is 0.551. The lowest BCUT2D eigenvalue weighted by Crippen LogP contribution is -2.36. The van der Waals surface area contributed by atoms with E-state index in [0.29, 0.717) is 6.61 Å². The van der Waals surface area contributed by atoms with Gasteiger partial charge in [-0.15, -0.1) is 0 Å². The summed E-state index contributed by atoms with van der Waals surface area (Å²) in [5, 5.41) is 1.78. The molecular formula is C16H16BrNO2. The van der Waals surface area contributed by atoms with Crippen molar-refractivity contribution in [3.63, 3.8) is 0 Å². The Morgan fingerprint density at radius 1 is 1.00 bits per heavy atom. The molecule has 0 bridgehead atoms. The van der Waals surface area contributed by atoms with Gasteiger partial charge in [-0.05, 0) is 23.3 Å². The van der Waals surface area contributed by atoms with Gasteiger partial charge in [0.05, 0.1) is 6.61 Å². The van der Waals surface area contributed by atoms with Crippen LogP contribution in [0.4, 0.5) is 0 Å². The molecule has 0 spiro atoms. The molecule has 1 aliphatic heterocycles.